The number of aliphatic hydroxyl groups is 1. The zero-order chi connectivity index (χ0) is 12.3. The Balaban J connectivity index is 2.31. The fourth-order valence-electron chi connectivity index (χ4n) is 1.44. The normalized spacial score (nSPS) is 10.3. The molecule has 0 aliphatic rings. The van der Waals surface area contributed by atoms with Crippen molar-refractivity contribution in [2.45, 2.75) is 13.5 Å². The average Bonchev–Trinajstić information content (AvgIpc) is 2.33. The molecule has 0 saturated carbocycles. The van der Waals surface area contributed by atoms with Gasteiger partial charge in [-0.3, -0.25) is 4.98 Å². The van der Waals surface area contributed by atoms with E-state index in [0.717, 1.165) is 15.8 Å². The zero-order valence-electron chi connectivity index (χ0n) is 9.35. The van der Waals surface area contributed by atoms with Crippen LogP contribution < -0.4 is 4.74 Å². The number of ether oxygens (including phenoxy) is 1. The average molecular weight is 294 g/mol. The highest BCUT2D eigenvalue weighted by atomic mass is 79.9. The van der Waals surface area contributed by atoms with Crippen molar-refractivity contribution in [1.82, 2.24) is 4.98 Å². The third-order valence-corrected chi connectivity index (χ3v) is 2.96. The first kappa shape index (κ1) is 12.1. The van der Waals surface area contributed by atoms with Gasteiger partial charge in [-0.1, -0.05) is 6.07 Å². The SMILES string of the molecule is Cc1ccc(Oc2ccncc2CO)c(Br)c1. The molecule has 0 aliphatic heterocycles. The van der Waals surface area contributed by atoms with E-state index in [-0.39, 0.29) is 6.61 Å². The van der Waals surface area contributed by atoms with E-state index in [1.807, 2.05) is 25.1 Å². The van der Waals surface area contributed by atoms with Gasteiger partial charge in [-0.05, 0) is 46.6 Å². The molecule has 2 aromatic rings. The van der Waals surface area contributed by atoms with Gasteiger partial charge in [0.05, 0.1) is 11.1 Å². The summed E-state index contributed by atoms with van der Waals surface area (Å²) < 4.78 is 6.63. The van der Waals surface area contributed by atoms with Crippen LogP contribution in [0, 0.1) is 6.92 Å². The third-order valence-electron chi connectivity index (χ3n) is 2.34. The van der Waals surface area contributed by atoms with Crippen molar-refractivity contribution in [1.29, 1.82) is 0 Å². The Hall–Kier alpha value is -1.39. The van der Waals surface area contributed by atoms with Crippen LogP contribution in [0.25, 0.3) is 0 Å². The maximum absolute atomic E-state index is 9.18. The lowest BCUT2D eigenvalue weighted by molar-refractivity contribution is 0.276. The molecule has 0 amide bonds. The Bertz CT molecular complexity index is 529. The van der Waals surface area contributed by atoms with Crippen LogP contribution in [0.1, 0.15) is 11.1 Å². The van der Waals surface area contributed by atoms with Crippen LogP contribution in [0.4, 0.5) is 0 Å². The van der Waals surface area contributed by atoms with E-state index < -0.39 is 0 Å². The molecule has 0 spiro atoms. The lowest BCUT2D eigenvalue weighted by Crippen LogP contribution is -1.93. The number of aryl methyl sites for hydroxylation is 1. The van der Waals surface area contributed by atoms with E-state index in [4.69, 9.17) is 4.74 Å². The summed E-state index contributed by atoms with van der Waals surface area (Å²) in [6, 6.07) is 7.58. The van der Waals surface area contributed by atoms with E-state index in [2.05, 4.69) is 20.9 Å². The van der Waals surface area contributed by atoms with E-state index in [1.54, 1.807) is 18.5 Å². The van der Waals surface area contributed by atoms with Gasteiger partial charge in [0.25, 0.3) is 0 Å². The highest BCUT2D eigenvalue weighted by Crippen LogP contribution is 2.31. The van der Waals surface area contributed by atoms with Crippen LogP contribution in [0.15, 0.2) is 41.1 Å². The quantitative estimate of drug-likeness (QED) is 0.943. The molecule has 88 valence electrons. The largest absolute Gasteiger partial charge is 0.456 e. The first-order valence-electron chi connectivity index (χ1n) is 5.18. The molecule has 0 saturated heterocycles. The number of hydrogen-bond donors (Lipinski definition) is 1. The summed E-state index contributed by atoms with van der Waals surface area (Å²) in [7, 11) is 0. The maximum Gasteiger partial charge on any atom is 0.141 e. The molecule has 2 rings (SSSR count). The fourth-order valence-corrected chi connectivity index (χ4v) is 2.01. The summed E-state index contributed by atoms with van der Waals surface area (Å²) >= 11 is 3.45. The molecule has 1 aromatic heterocycles. The van der Waals surface area contributed by atoms with Crippen LogP contribution in [0.3, 0.4) is 0 Å². The Kier molecular flexibility index (Phi) is 3.76. The predicted octanol–water partition coefficient (Wildman–Crippen LogP) is 3.44. The molecule has 0 fully saturated rings. The van der Waals surface area contributed by atoms with Gasteiger partial charge >= 0.3 is 0 Å². The van der Waals surface area contributed by atoms with Crippen molar-refractivity contribution in [2.75, 3.05) is 0 Å². The molecule has 0 aliphatic carbocycles. The van der Waals surface area contributed by atoms with Crippen molar-refractivity contribution in [2.24, 2.45) is 0 Å². The molecule has 0 bridgehead atoms. The van der Waals surface area contributed by atoms with Crippen LogP contribution >= 0.6 is 15.9 Å². The number of halogens is 1. The number of aliphatic hydroxyl groups excluding tert-OH is 1. The molecule has 0 unspecified atom stereocenters. The Morgan fingerprint density at radius 2 is 2.12 bits per heavy atom. The second kappa shape index (κ2) is 5.29. The van der Waals surface area contributed by atoms with Crippen molar-refractivity contribution in [3.05, 3.63) is 52.3 Å². The number of benzene rings is 1. The number of nitrogens with zero attached hydrogens (tertiary/aromatic N) is 1. The topological polar surface area (TPSA) is 42.4 Å². The highest BCUT2D eigenvalue weighted by Gasteiger charge is 2.06. The van der Waals surface area contributed by atoms with Crippen LogP contribution in [-0.2, 0) is 6.61 Å². The molecule has 0 atom stereocenters. The standard InChI is InChI=1S/C13H12BrNO2/c1-9-2-3-13(11(14)6-9)17-12-4-5-15-7-10(12)8-16/h2-7,16H,8H2,1H3. The highest BCUT2D eigenvalue weighted by molar-refractivity contribution is 9.10. The van der Waals surface area contributed by atoms with Crippen molar-refractivity contribution < 1.29 is 9.84 Å². The van der Waals surface area contributed by atoms with E-state index in [9.17, 15) is 5.11 Å². The molecule has 4 heteroatoms. The predicted molar refractivity (Wildman–Crippen MR) is 69.1 cm³/mol. The Morgan fingerprint density at radius 3 is 2.82 bits per heavy atom. The van der Waals surface area contributed by atoms with Gasteiger partial charge in [-0.2, -0.15) is 0 Å². The van der Waals surface area contributed by atoms with E-state index >= 15 is 0 Å². The minimum atomic E-state index is -0.0906. The number of aromatic nitrogens is 1. The summed E-state index contributed by atoms with van der Waals surface area (Å²) in [6.07, 6.45) is 3.23. The van der Waals surface area contributed by atoms with Gasteiger partial charge in [0.2, 0.25) is 0 Å². The Morgan fingerprint density at radius 1 is 1.29 bits per heavy atom. The molecule has 3 nitrogen and oxygen atoms in total. The molecular formula is C13H12BrNO2. The van der Waals surface area contributed by atoms with Gasteiger partial charge in [0.15, 0.2) is 0 Å². The lowest BCUT2D eigenvalue weighted by atomic mass is 10.2. The van der Waals surface area contributed by atoms with Gasteiger partial charge in [0.1, 0.15) is 11.5 Å². The number of hydrogen-bond acceptors (Lipinski definition) is 3. The van der Waals surface area contributed by atoms with Crippen molar-refractivity contribution >= 4 is 15.9 Å². The van der Waals surface area contributed by atoms with Crippen LogP contribution in [0.2, 0.25) is 0 Å². The van der Waals surface area contributed by atoms with Gasteiger partial charge < -0.3 is 9.84 Å². The second-order valence-corrected chi connectivity index (χ2v) is 4.53. The number of pyridine rings is 1. The molecular weight excluding hydrogens is 282 g/mol. The zero-order valence-corrected chi connectivity index (χ0v) is 10.9. The smallest absolute Gasteiger partial charge is 0.141 e. The molecule has 0 radical (unpaired) electrons. The molecule has 1 heterocycles. The van der Waals surface area contributed by atoms with Crippen LogP contribution in [0.5, 0.6) is 11.5 Å². The lowest BCUT2D eigenvalue weighted by Gasteiger charge is -2.10. The summed E-state index contributed by atoms with van der Waals surface area (Å²) in [5.74, 6) is 1.34. The van der Waals surface area contributed by atoms with Crippen molar-refractivity contribution in [3.8, 4) is 11.5 Å². The van der Waals surface area contributed by atoms with Gasteiger partial charge in [0, 0.05) is 18.0 Å². The van der Waals surface area contributed by atoms with E-state index in [0.29, 0.717) is 11.3 Å². The van der Waals surface area contributed by atoms with Gasteiger partial charge in [-0.25, -0.2) is 0 Å². The summed E-state index contributed by atoms with van der Waals surface area (Å²) in [5, 5.41) is 9.18. The second-order valence-electron chi connectivity index (χ2n) is 3.68. The van der Waals surface area contributed by atoms with Crippen LogP contribution in [-0.4, -0.2) is 10.1 Å². The summed E-state index contributed by atoms with van der Waals surface area (Å²) in [4.78, 5) is 3.94. The van der Waals surface area contributed by atoms with Gasteiger partial charge in [-0.15, -0.1) is 0 Å². The summed E-state index contributed by atoms with van der Waals surface area (Å²) in [5.41, 5.74) is 1.82. The fraction of sp³-hybridized carbons (Fsp3) is 0.154. The van der Waals surface area contributed by atoms with Crippen molar-refractivity contribution in [3.63, 3.8) is 0 Å². The molecule has 1 N–H and O–H groups in total. The minimum Gasteiger partial charge on any atom is -0.456 e. The summed E-state index contributed by atoms with van der Waals surface area (Å²) in [6.45, 7) is 1.92. The first-order chi connectivity index (χ1) is 8.20. The monoisotopic (exact) mass is 293 g/mol. The first-order valence-corrected chi connectivity index (χ1v) is 5.98. The minimum absolute atomic E-state index is 0.0906. The third kappa shape index (κ3) is 2.84. The van der Waals surface area contributed by atoms with E-state index in [1.165, 1.54) is 0 Å². The number of rotatable bonds is 3. The molecule has 17 heavy (non-hydrogen) atoms. The maximum atomic E-state index is 9.18. The Labute approximate surface area is 108 Å². The molecule has 1 aromatic carbocycles.